The summed E-state index contributed by atoms with van der Waals surface area (Å²) in [5, 5.41) is 2.15. The van der Waals surface area contributed by atoms with Crippen LogP contribution in [0.4, 0.5) is 0 Å². The molecule has 1 heterocycles. The smallest absolute Gasteiger partial charge is 0.0946 e. The Morgan fingerprint density at radius 2 is 1.70 bits per heavy atom. The fourth-order valence-corrected chi connectivity index (χ4v) is 4.01. The minimum absolute atomic E-state index is 0.0342. The summed E-state index contributed by atoms with van der Waals surface area (Å²) in [6, 6.07) is 11.1. The van der Waals surface area contributed by atoms with Gasteiger partial charge in [0.05, 0.1) is 45.7 Å². The van der Waals surface area contributed by atoms with Gasteiger partial charge in [0.25, 0.3) is 0 Å². The quantitative estimate of drug-likeness (QED) is 0.342. The first-order chi connectivity index (χ1) is 13.0. The van der Waals surface area contributed by atoms with E-state index in [4.69, 9.17) is 51.1 Å². The lowest BCUT2D eigenvalue weighted by Crippen LogP contribution is -2.22. The second kappa shape index (κ2) is 10.1. The number of hydrogen-bond donors (Lipinski definition) is 0. The number of aromatic nitrogens is 2. The van der Waals surface area contributed by atoms with Crippen molar-refractivity contribution < 1.29 is 4.74 Å². The molecule has 27 heavy (non-hydrogen) atoms. The Balaban J connectivity index is 1.64. The Morgan fingerprint density at radius 3 is 2.37 bits per heavy atom. The number of thioether (sulfide) groups is 1. The minimum Gasteiger partial charge on any atom is -0.371 e. The second-order valence-corrected chi connectivity index (χ2v) is 8.55. The summed E-state index contributed by atoms with van der Waals surface area (Å²) < 4.78 is 8.14. The molecule has 3 nitrogen and oxygen atoms in total. The van der Waals surface area contributed by atoms with Crippen molar-refractivity contribution in [2.24, 2.45) is 0 Å². The lowest BCUT2D eigenvalue weighted by molar-refractivity contribution is 0.0450. The molecule has 0 amide bonds. The van der Waals surface area contributed by atoms with Gasteiger partial charge in [-0.3, -0.25) is 0 Å². The zero-order valence-electron chi connectivity index (χ0n) is 14.1. The summed E-state index contributed by atoms with van der Waals surface area (Å²) in [6.45, 7) is 1.13. The highest BCUT2D eigenvalue weighted by Crippen LogP contribution is 2.29. The van der Waals surface area contributed by atoms with Gasteiger partial charge >= 0.3 is 0 Å². The van der Waals surface area contributed by atoms with Gasteiger partial charge in [-0.2, -0.15) is 0 Å². The zero-order valence-corrected chi connectivity index (χ0v) is 18.0. The third-order valence-electron chi connectivity index (χ3n) is 3.77. The summed E-state index contributed by atoms with van der Waals surface area (Å²) in [6.07, 6.45) is 5.41. The SMILES string of the molecule is Clc1ccc(COC(CSc2ccc(Cl)c(Cl)c2)Cn2ccnc2)cc1Cl. The standard InChI is InChI=1S/C19H16Cl4N2OS/c20-16-3-1-13(7-18(16)22)10-26-14(9-25-6-5-24-12-25)11-27-15-2-4-17(21)19(23)8-15/h1-8,12,14H,9-11H2. The Morgan fingerprint density at radius 1 is 0.963 bits per heavy atom. The van der Waals surface area contributed by atoms with E-state index in [1.165, 1.54) is 0 Å². The average Bonchev–Trinajstić information content (AvgIpc) is 3.16. The number of hydrogen-bond acceptors (Lipinski definition) is 3. The van der Waals surface area contributed by atoms with Crippen molar-refractivity contribution in [3.8, 4) is 0 Å². The van der Waals surface area contributed by atoms with Crippen LogP contribution in [0, 0.1) is 0 Å². The molecule has 2 aromatic carbocycles. The number of ether oxygens (including phenoxy) is 1. The topological polar surface area (TPSA) is 27.1 Å². The molecule has 0 saturated carbocycles. The van der Waals surface area contributed by atoms with Crippen molar-refractivity contribution in [3.63, 3.8) is 0 Å². The van der Waals surface area contributed by atoms with E-state index in [-0.39, 0.29) is 6.10 Å². The number of benzene rings is 2. The molecular weight excluding hydrogens is 446 g/mol. The maximum Gasteiger partial charge on any atom is 0.0946 e. The molecule has 1 aromatic heterocycles. The number of halogens is 4. The van der Waals surface area contributed by atoms with Crippen molar-refractivity contribution in [3.05, 3.63) is 80.8 Å². The van der Waals surface area contributed by atoms with Crippen LogP contribution in [0.2, 0.25) is 20.1 Å². The van der Waals surface area contributed by atoms with Gasteiger partial charge in [0.15, 0.2) is 0 Å². The van der Waals surface area contributed by atoms with Gasteiger partial charge < -0.3 is 9.30 Å². The second-order valence-electron chi connectivity index (χ2n) is 5.83. The van der Waals surface area contributed by atoms with E-state index in [0.717, 1.165) is 16.2 Å². The van der Waals surface area contributed by atoms with Crippen LogP contribution in [0.5, 0.6) is 0 Å². The van der Waals surface area contributed by atoms with Crippen LogP contribution in [0.3, 0.4) is 0 Å². The van der Waals surface area contributed by atoms with Gasteiger partial charge in [-0.1, -0.05) is 52.5 Å². The molecule has 0 N–H and O–H groups in total. The third-order valence-corrected chi connectivity index (χ3v) is 6.37. The van der Waals surface area contributed by atoms with E-state index >= 15 is 0 Å². The molecule has 3 rings (SSSR count). The van der Waals surface area contributed by atoms with E-state index in [1.54, 1.807) is 36.4 Å². The first-order valence-corrected chi connectivity index (χ1v) is 10.6. The molecule has 0 aliphatic heterocycles. The van der Waals surface area contributed by atoms with Crippen molar-refractivity contribution in [2.75, 3.05) is 5.75 Å². The van der Waals surface area contributed by atoms with Crippen LogP contribution in [0.1, 0.15) is 5.56 Å². The summed E-state index contributed by atoms with van der Waals surface area (Å²) in [4.78, 5) is 5.13. The fraction of sp³-hybridized carbons (Fsp3) is 0.211. The van der Waals surface area contributed by atoms with Crippen LogP contribution >= 0.6 is 58.2 Å². The van der Waals surface area contributed by atoms with E-state index < -0.39 is 0 Å². The molecule has 1 unspecified atom stereocenters. The molecule has 0 aliphatic carbocycles. The Bertz CT molecular complexity index is 834. The van der Waals surface area contributed by atoms with Crippen molar-refractivity contribution in [2.45, 2.75) is 24.2 Å². The molecule has 142 valence electrons. The van der Waals surface area contributed by atoms with Crippen LogP contribution in [-0.4, -0.2) is 21.4 Å². The Hall–Kier alpha value is -0.880. The molecule has 0 bridgehead atoms. The largest absolute Gasteiger partial charge is 0.371 e. The van der Waals surface area contributed by atoms with Gasteiger partial charge in [0.1, 0.15) is 0 Å². The highest BCUT2D eigenvalue weighted by molar-refractivity contribution is 7.99. The van der Waals surface area contributed by atoms with Gasteiger partial charge in [-0.15, -0.1) is 11.8 Å². The predicted octanol–water partition coefficient (Wildman–Crippen LogP) is 6.87. The maximum absolute atomic E-state index is 6.14. The summed E-state index contributed by atoms with van der Waals surface area (Å²) in [5.74, 6) is 0.747. The molecule has 0 radical (unpaired) electrons. The summed E-state index contributed by atoms with van der Waals surface area (Å²) >= 11 is 25.8. The number of rotatable bonds is 8. The van der Waals surface area contributed by atoms with Crippen molar-refractivity contribution >= 4 is 58.2 Å². The third kappa shape index (κ3) is 6.31. The predicted molar refractivity (Wildman–Crippen MR) is 114 cm³/mol. The van der Waals surface area contributed by atoms with Gasteiger partial charge in [0, 0.05) is 23.0 Å². The molecule has 0 saturated heterocycles. The van der Waals surface area contributed by atoms with Crippen LogP contribution in [-0.2, 0) is 17.9 Å². The molecule has 3 aromatic rings. The summed E-state index contributed by atoms with van der Waals surface area (Å²) in [5.41, 5.74) is 0.972. The number of imidazole rings is 1. The summed E-state index contributed by atoms with van der Waals surface area (Å²) in [7, 11) is 0. The van der Waals surface area contributed by atoms with Crippen molar-refractivity contribution in [1.82, 2.24) is 9.55 Å². The van der Waals surface area contributed by atoms with Gasteiger partial charge in [0.2, 0.25) is 0 Å². The zero-order chi connectivity index (χ0) is 19.2. The molecule has 8 heteroatoms. The lowest BCUT2D eigenvalue weighted by Gasteiger charge is -2.19. The molecule has 0 aliphatic rings. The minimum atomic E-state index is -0.0342. The van der Waals surface area contributed by atoms with Crippen LogP contribution < -0.4 is 0 Å². The van der Waals surface area contributed by atoms with E-state index in [2.05, 4.69) is 4.98 Å². The van der Waals surface area contributed by atoms with Crippen LogP contribution in [0.15, 0.2) is 60.0 Å². The van der Waals surface area contributed by atoms with E-state index in [9.17, 15) is 0 Å². The van der Waals surface area contributed by atoms with Gasteiger partial charge in [-0.25, -0.2) is 4.98 Å². The van der Waals surface area contributed by atoms with Crippen LogP contribution in [0.25, 0.3) is 0 Å². The molecule has 0 fully saturated rings. The Kier molecular flexibility index (Phi) is 7.76. The highest BCUT2D eigenvalue weighted by Gasteiger charge is 2.13. The fourth-order valence-electron chi connectivity index (χ4n) is 2.38. The lowest BCUT2D eigenvalue weighted by atomic mass is 10.2. The first-order valence-electron chi connectivity index (χ1n) is 8.10. The number of nitrogens with zero attached hydrogens (tertiary/aromatic N) is 2. The maximum atomic E-state index is 6.14. The average molecular weight is 462 g/mol. The molecule has 0 spiro atoms. The normalized spacial score (nSPS) is 12.3. The Labute approximate surface area is 182 Å². The van der Waals surface area contributed by atoms with E-state index in [0.29, 0.717) is 33.2 Å². The monoisotopic (exact) mass is 460 g/mol. The van der Waals surface area contributed by atoms with Gasteiger partial charge in [-0.05, 0) is 35.9 Å². The highest BCUT2D eigenvalue weighted by atomic mass is 35.5. The molecular formula is C19H16Cl4N2OS. The van der Waals surface area contributed by atoms with Crippen molar-refractivity contribution in [1.29, 1.82) is 0 Å². The van der Waals surface area contributed by atoms with E-state index in [1.807, 2.05) is 35.0 Å². The molecule has 1 atom stereocenters. The first kappa shape index (κ1) is 20.8.